The fourth-order valence-electron chi connectivity index (χ4n) is 4.78. The first-order chi connectivity index (χ1) is 23.0. The number of unbranched alkanes of at least 4 members (excludes halogenated alkanes) is 12. The zero-order chi connectivity index (χ0) is 34.5. The molecule has 0 aliphatic carbocycles. The van der Waals surface area contributed by atoms with Crippen LogP contribution in [0, 0.1) is 0 Å². The topological polar surface area (TPSA) is 93.1 Å². The molecule has 2 N–H and O–H groups in total. The van der Waals surface area contributed by atoms with E-state index in [-0.39, 0.29) is 25.4 Å². The Morgan fingerprint density at radius 2 is 1.09 bits per heavy atom. The van der Waals surface area contributed by atoms with E-state index < -0.39 is 24.8 Å². The Morgan fingerprint density at radius 1 is 0.596 bits per heavy atom. The number of esters is 2. The molecule has 47 heavy (non-hydrogen) atoms. The van der Waals surface area contributed by atoms with E-state index in [1.165, 1.54) is 64.2 Å². The van der Waals surface area contributed by atoms with Crippen LogP contribution in [0.2, 0.25) is 0 Å². The number of carbonyl (C=O) groups excluding carboxylic acids is 2. The summed E-state index contributed by atoms with van der Waals surface area (Å²) in [5.74, 6) is -0.878. The predicted octanol–water partition coefficient (Wildman–Crippen LogP) is 10.4. The molecule has 0 rings (SSSR count). The molecule has 0 fully saturated rings. The van der Waals surface area contributed by atoms with Gasteiger partial charge in [0.05, 0.1) is 12.7 Å². The van der Waals surface area contributed by atoms with Gasteiger partial charge in [-0.3, -0.25) is 9.59 Å². The standard InChI is InChI=1S/C41H68O6/c1-3-5-7-9-11-13-15-17-18-19-21-22-24-26-28-30-32-38(43)34-35-40(44)46-37-39(36-42)47-41(45)33-31-29-27-25-23-20-16-14-12-10-8-6-4-2/h5,7,11,13,17-18,21-22,26,28,30,32,38-39,42-43H,3-4,6,8-10,12,14-16,19-20,23-25,27,29,31,33-37H2,1-2H3/b7-5-,13-11-,18-17-,22-21-,28-26-,32-30-/t38?,39-/m0/s1. The number of allylic oxidation sites excluding steroid dienone is 11. The van der Waals surface area contributed by atoms with Crippen LogP contribution in [0.5, 0.6) is 0 Å². The fraction of sp³-hybridized carbons (Fsp3) is 0.659. The smallest absolute Gasteiger partial charge is 0.306 e. The van der Waals surface area contributed by atoms with Crippen molar-refractivity contribution in [3.8, 4) is 0 Å². The van der Waals surface area contributed by atoms with E-state index in [0.717, 1.165) is 51.4 Å². The van der Waals surface area contributed by atoms with Crippen molar-refractivity contribution in [1.82, 2.24) is 0 Å². The van der Waals surface area contributed by atoms with Crippen molar-refractivity contribution in [2.24, 2.45) is 0 Å². The summed E-state index contributed by atoms with van der Waals surface area (Å²) in [6, 6.07) is 0. The number of hydrogen-bond donors (Lipinski definition) is 2. The summed E-state index contributed by atoms with van der Waals surface area (Å²) >= 11 is 0. The van der Waals surface area contributed by atoms with E-state index in [1.54, 1.807) is 12.2 Å². The Labute approximate surface area is 287 Å². The molecule has 0 spiro atoms. The number of rotatable bonds is 32. The molecule has 0 saturated heterocycles. The van der Waals surface area contributed by atoms with Gasteiger partial charge in [-0.05, 0) is 44.9 Å². The lowest BCUT2D eigenvalue weighted by Crippen LogP contribution is -2.28. The molecule has 2 atom stereocenters. The third-order valence-electron chi connectivity index (χ3n) is 7.63. The highest BCUT2D eigenvalue weighted by Gasteiger charge is 2.16. The maximum atomic E-state index is 12.1. The molecular weight excluding hydrogens is 588 g/mol. The van der Waals surface area contributed by atoms with Crippen molar-refractivity contribution in [3.05, 3.63) is 72.9 Å². The Morgan fingerprint density at radius 3 is 1.60 bits per heavy atom. The van der Waals surface area contributed by atoms with E-state index >= 15 is 0 Å². The van der Waals surface area contributed by atoms with Crippen LogP contribution in [0.25, 0.3) is 0 Å². The van der Waals surface area contributed by atoms with Crippen molar-refractivity contribution in [2.45, 2.75) is 161 Å². The van der Waals surface area contributed by atoms with Crippen molar-refractivity contribution >= 4 is 11.9 Å². The summed E-state index contributed by atoms with van der Waals surface area (Å²) in [5, 5.41) is 19.6. The van der Waals surface area contributed by atoms with E-state index in [9.17, 15) is 19.8 Å². The summed E-state index contributed by atoms with van der Waals surface area (Å²) in [4.78, 5) is 24.2. The van der Waals surface area contributed by atoms with E-state index in [2.05, 4.69) is 62.5 Å². The lowest BCUT2D eigenvalue weighted by atomic mass is 10.0. The zero-order valence-electron chi connectivity index (χ0n) is 29.9. The monoisotopic (exact) mass is 657 g/mol. The highest BCUT2D eigenvalue weighted by atomic mass is 16.6. The van der Waals surface area contributed by atoms with Crippen molar-refractivity contribution in [1.29, 1.82) is 0 Å². The Balaban J connectivity index is 3.85. The molecule has 6 heteroatoms. The SMILES string of the molecule is CC/C=C\C/C=C\C/C=C\C/C=C\C/C=C\C=C/C(O)CCC(=O)OC[C@H](CO)OC(=O)CCCCCCCCCCCCCCC. The summed E-state index contributed by atoms with van der Waals surface area (Å²) in [7, 11) is 0. The Bertz CT molecular complexity index is 898. The lowest BCUT2D eigenvalue weighted by Gasteiger charge is -2.16. The fourth-order valence-corrected chi connectivity index (χ4v) is 4.78. The maximum Gasteiger partial charge on any atom is 0.306 e. The molecule has 0 aromatic carbocycles. The number of ether oxygens (including phenoxy) is 2. The molecule has 268 valence electrons. The van der Waals surface area contributed by atoms with Gasteiger partial charge in [0.25, 0.3) is 0 Å². The quantitative estimate of drug-likeness (QED) is 0.0324. The van der Waals surface area contributed by atoms with Gasteiger partial charge in [0, 0.05) is 12.8 Å². The molecule has 0 heterocycles. The van der Waals surface area contributed by atoms with Gasteiger partial charge >= 0.3 is 11.9 Å². The second kappa shape index (κ2) is 36.1. The molecule has 0 aliphatic heterocycles. The largest absolute Gasteiger partial charge is 0.462 e. The first-order valence-electron chi connectivity index (χ1n) is 18.6. The minimum Gasteiger partial charge on any atom is -0.462 e. The third kappa shape index (κ3) is 34.5. The van der Waals surface area contributed by atoms with Gasteiger partial charge in [-0.25, -0.2) is 0 Å². The minimum absolute atomic E-state index is 0.0300. The number of aliphatic hydroxyl groups excluding tert-OH is 2. The molecule has 0 aliphatic rings. The molecule has 6 nitrogen and oxygen atoms in total. The Hall–Kier alpha value is -2.70. The summed E-state index contributed by atoms with van der Waals surface area (Å²) in [6.45, 7) is 3.79. The van der Waals surface area contributed by atoms with Gasteiger partial charge in [0.15, 0.2) is 6.10 Å². The predicted molar refractivity (Wildman–Crippen MR) is 197 cm³/mol. The van der Waals surface area contributed by atoms with Crippen LogP contribution in [0.3, 0.4) is 0 Å². The zero-order valence-corrected chi connectivity index (χ0v) is 29.9. The molecule has 1 unspecified atom stereocenters. The van der Waals surface area contributed by atoms with Crippen molar-refractivity contribution in [2.75, 3.05) is 13.2 Å². The van der Waals surface area contributed by atoms with Crippen LogP contribution in [-0.4, -0.2) is 47.6 Å². The van der Waals surface area contributed by atoms with E-state index in [4.69, 9.17) is 9.47 Å². The van der Waals surface area contributed by atoms with Crippen molar-refractivity contribution < 1.29 is 29.3 Å². The molecule has 0 bridgehead atoms. The van der Waals surface area contributed by atoms with Crippen LogP contribution in [-0.2, 0) is 19.1 Å². The van der Waals surface area contributed by atoms with Crippen LogP contribution in [0.4, 0.5) is 0 Å². The second-order valence-corrected chi connectivity index (χ2v) is 12.1. The number of aliphatic hydroxyl groups is 2. The number of hydrogen-bond acceptors (Lipinski definition) is 6. The lowest BCUT2D eigenvalue weighted by molar-refractivity contribution is -0.161. The average Bonchev–Trinajstić information content (AvgIpc) is 3.07. The normalized spacial score (nSPS) is 13.7. The second-order valence-electron chi connectivity index (χ2n) is 12.1. The molecule has 0 aromatic heterocycles. The minimum atomic E-state index is -0.867. The van der Waals surface area contributed by atoms with Gasteiger partial charge in [-0.2, -0.15) is 0 Å². The summed E-state index contributed by atoms with van der Waals surface area (Å²) < 4.78 is 10.4. The van der Waals surface area contributed by atoms with Gasteiger partial charge in [-0.1, -0.05) is 164 Å². The van der Waals surface area contributed by atoms with E-state index in [1.807, 2.05) is 12.2 Å². The average molecular weight is 657 g/mol. The molecular formula is C41H68O6. The highest BCUT2D eigenvalue weighted by molar-refractivity contribution is 5.70. The molecule has 0 aromatic rings. The number of carbonyl (C=O) groups is 2. The summed E-state index contributed by atoms with van der Waals surface area (Å²) in [5.41, 5.74) is 0. The summed E-state index contributed by atoms with van der Waals surface area (Å²) in [6.07, 6.45) is 44.3. The van der Waals surface area contributed by atoms with Gasteiger partial charge in [-0.15, -0.1) is 0 Å². The third-order valence-corrected chi connectivity index (χ3v) is 7.63. The van der Waals surface area contributed by atoms with Crippen LogP contribution in [0.1, 0.15) is 149 Å². The molecule has 0 saturated carbocycles. The first-order valence-corrected chi connectivity index (χ1v) is 18.6. The van der Waals surface area contributed by atoms with Crippen molar-refractivity contribution in [3.63, 3.8) is 0 Å². The molecule has 0 amide bonds. The Kier molecular flexibility index (Phi) is 34.1. The highest BCUT2D eigenvalue weighted by Crippen LogP contribution is 2.13. The van der Waals surface area contributed by atoms with Crippen LogP contribution in [0.15, 0.2) is 72.9 Å². The maximum absolute atomic E-state index is 12.1. The van der Waals surface area contributed by atoms with Gasteiger partial charge in [0.2, 0.25) is 0 Å². The van der Waals surface area contributed by atoms with E-state index in [0.29, 0.717) is 6.42 Å². The molecule has 0 radical (unpaired) electrons. The first kappa shape index (κ1) is 44.3. The van der Waals surface area contributed by atoms with Crippen LogP contribution >= 0.6 is 0 Å². The van der Waals surface area contributed by atoms with Gasteiger partial charge < -0.3 is 19.7 Å². The van der Waals surface area contributed by atoms with Gasteiger partial charge in [0.1, 0.15) is 6.61 Å². The van der Waals surface area contributed by atoms with Crippen LogP contribution < -0.4 is 0 Å².